The Kier molecular flexibility index (Phi) is 4.52. The lowest BCUT2D eigenvalue weighted by molar-refractivity contribution is -0.133. The van der Waals surface area contributed by atoms with E-state index in [-0.39, 0.29) is 17.7 Å². The molecule has 7 heteroatoms. The highest BCUT2D eigenvalue weighted by atomic mass is 32.2. The van der Waals surface area contributed by atoms with Crippen molar-refractivity contribution in [1.29, 1.82) is 0 Å². The van der Waals surface area contributed by atoms with Crippen LogP contribution in [0.1, 0.15) is 12.1 Å². The van der Waals surface area contributed by atoms with E-state index >= 15 is 0 Å². The van der Waals surface area contributed by atoms with Crippen LogP contribution >= 0.6 is 0 Å². The van der Waals surface area contributed by atoms with Crippen molar-refractivity contribution in [1.82, 2.24) is 14.4 Å². The highest BCUT2D eigenvalue weighted by molar-refractivity contribution is 7.91. The number of carbonyl (C=O) groups is 1. The second-order valence-corrected chi connectivity index (χ2v) is 9.63. The lowest BCUT2D eigenvalue weighted by Gasteiger charge is -2.37. The first kappa shape index (κ1) is 17.5. The van der Waals surface area contributed by atoms with Gasteiger partial charge in [-0.3, -0.25) is 9.69 Å². The van der Waals surface area contributed by atoms with Gasteiger partial charge in [0.15, 0.2) is 9.84 Å². The molecule has 4 rings (SSSR count). The summed E-state index contributed by atoms with van der Waals surface area (Å²) in [5, 5.41) is 1.16. The van der Waals surface area contributed by atoms with Crippen molar-refractivity contribution in [2.24, 2.45) is 0 Å². The molecule has 1 aromatic carbocycles. The van der Waals surface area contributed by atoms with E-state index in [9.17, 15) is 13.2 Å². The van der Waals surface area contributed by atoms with E-state index in [4.69, 9.17) is 0 Å². The van der Waals surface area contributed by atoms with Crippen LogP contribution < -0.4 is 0 Å². The molecule has 0 saturated carbocycles. The molecule has 26 heavy (non-hydrogen) atoms. The minimum atomic E-state index is -2.86. The fourth-order valence-corrected chi connectivity index (χ4v) is 5.95. The molecular weight excluding hydrogens is 350 g/mol. The van der Waals surface area contributed by atoms with Crippen molar-refractivity contribution >= 4 is 26.6 Å². The van der Waals surface area contributed by atoms with Crippen molar-refractivity contribution in [2.45, 2.75) is 25.9 Å². The average molecular weight is 375 g/mol. The molecule has 0 spiro atoms. The maximum atomic E-state index is 12.8. The summed E-state index contributed by atoms with van der Waals surface area (Å²) in [5.41, 5.74) is 2.18. The van der Waals surface area contributed by atoms with Gasteiger partial charge in [-0.1, -0.05) is 18.2 Å². The van der Waals surface area contributed by atoms with Crippen molar-refractivity contribution in [2.75, 3.05) is 37.7 Å². The van der Waals surface area contributed by atoms with E-state index in [1.165, 1.54) is 0 Å². The maximum absolute atomic E-state index is 12.8. The number of aromatic nitrogens is 1. The number of para-hydroxylation sites is 1. The number of amides is 1. The number of rotatable bonds is 3. The lowest BCUT2D eigenvalue weighted by atomic mass is 10.2. The maximum Gasteiger partial charge on any atom is 0.242 e. The molecule has 140 valence electrons. The smallest absolute Gasteiger partial charge is 0.242 e. The predicted octanol–water partition coefficient (Wildman–Crippen LogP) is 1.28. The molecule has 2 aromatic rings. The zero-order chi connectivity index (χ0) is 18.3. The second kappa shape index (κ2) is 6.70. The number of nitrogens with zero attached hydrogens (tertiary/aromatic N) is 3. The Balaban J connectivity index is 1.39. The van der Waals surface area contributed by atoms with Crippen LogP contribution in [0.2, 0.25) is 0 Å². The van der Waals surface area contributed by atoms with Crippen LogP contribution in [0.15, 0.2) is 30.3 Å². The molecule has 6 nitrogen and oxygen atoms in total. The number of hydrogen-bond donors (Lipinski definition) is 0. The minimum Gasteiger partial charge on any atom is -0.339 e. The number of benzene rings is 1. The number of carbonyl (C=O) groups excluding carboxylic acids is 1. The topological polar surface area (TPSA) is 62.6 Å². The van der Waals surface area contributed by atoms with Gasteiger partial charge in [-0.05, 0) is 30.9 Å². The summed E-state index contributed by atoms with van der Waals surface area (Å²) in [6.45, 7) is 5.26. The molecule has 0 bridgehead atoms. The zero-order valence-corrected chi connectivity index (χ0v) is 15.9. The zero-order valence-electron chi connectivity index (χ0n) is 15.1. The largest absolute Gasteiger partial charge is 0.339 e. The van der Waals surface area contributed by atoms with Crippen molar-refractivity contribution in [3.63, 3.8) is 0 Å². The van der Waals surface area contributed by atoms with Gasteiger partial charge >= 0.3 is 0 Å². The third kappa shape index (κ3) is 3.38. The first-order chi connectivity index (χ1) is 12.4. The van der Waals surface area contributed by atoms with Crippen LogP contribution in [-0.4, -0.2) is 72.4 Å². The van der Waals surface area contributed by atoms with Gasteiger partial charge in [-0.2, -0.15) is 0 Å². The fraction of sp³-hybridized carbons (Fsp3) is 0.526. The van der Waals surface area contributed by atoms with Crippen LogP contribution in [-0.2, 0) is 21.2 Å². The first-order valence-corrected chi connectivity index (χ1v) is 11.0. The molecule has 2 fully saturated rings. The molecule has 2 aliphatic heterocycles. The molecule has 0 unspecified atom stereocenters. The van der Waals surface area contributed by atoms with Crippen LogP contribution in [0.4, 0.5) is 0 Å². The molecule has 0 radical (unpaired) electrons. The van der Waals surface area contributed by atoms with Crippen molar-refractivity contribution in [3.05, 3.63) is 36.0 Å². The van der Waals surface area contributed by atoms with Gasteiger partial charge < -0.3 is 9.47 Å². The number of aryl methyl sites for hydroxylation is 1. The Labute approximate surface area is 154 Å². The Morgan fingerprint density at radius 2 is 1.88 bits per heavy atom. The molecule has 3 heterocycles. The van der Waals surface area contributed by atoms with Gasteiger partial charge in [0.1, 0.15) is 6.54 Å². The Hall–Kier alpha value is -1.86. The highest BCUT2D eigenvalue weighted by Gasteiger charge is 2.34. The third-order valence-corrected chi connectivity index (χ3v) is 7.45. The van der Waals surface area contributed by atoms with Gasteiger partial charge in [0.25, 0.3) is 0 Å². The highest BCUT2D eigenvalue weighted by Crippen LogP contribution is 2.21. The van der Waals surface area contributed by atoms with Gasteiger partial charge in [0, 0.05) is 43.4 Å². The number of piperazine rings is 1. The van der Waals surface area contributed by atoms with Crippen LogP contribution in [0.3, 0.4) is 0 Å². The van der Waals surface area contributed by atoms with Crippen molar-refractivity contribution < 1.29 is 13.2 Å². The van der Waals surface area contributed by atoms with E-state index in [1.54, 1.807) is 0 Å². The van der Waals surface area contributed by atoms with Crippen LogP contribution in [0.25, 0.3) is 10.9 Å². The normalized spacial score (nSPS) is 23.6. The summed E-state index contributed by atoms with van der Waals surface area (Å²) in [7, 11) is -2.86. The van der Waals surface area contributed by atoms with E-state index in [0.29, 0.717) is 25.4 Å². The fourth-order valence-electron chi connectivity index (χ4n) is 4.19. The quantitative estimate of drug-likeness (QED) is 0.811. The van der Waals surface area contributed by atoms with Crippen LogP contribution in [0.5, 0.6) is 0 Å². The Morgan fingerprint density at radius 3 is 2.58 bits per heavy atom. The molecule has 2 saturated heterocycles. The standard InChI is InChI=1S/C19H25N3O3S/c1-15-12-16-4-2-3-5-18(16)22(15)13-19(23)21-9-7-20(8-10-21)17-6-11-26(24,25)14-17/h2-5,12,17H,6-11,13-14H2,1H3/t17-/m1/s1. The van der Waals surface area contributed by atoms with Gasteiger partial charge in [-0.15, -0.1) is 0 Å². The monoisotopic (exact) mass is 375 g/mol. The summed E-state index contributed by atoms with van der Waals surface area (Å²) in [6, 6.07) is 10.4. The van der Waals surface area contributed by atoms with E-state index < -0.39 is 9.84 Å². The molecule has 0 N–H and O–H groups in total. The second-order valence-electron chi connectivity index (χ2n) is 7.40. The summed E-state index contributed by atoms with van der Waals surface area (Å²) >= 11 is 0. The van der Waals surface area contributed by atoms with Gasteiger partial charge in [-0.25, -0.2) is 8.42 Å². The molecule has 1 amide bonds. The first-order valence-electron chi connectivity index (χ1n) is 9.20. The molecular formula is C19H25N3O3S. The molecule has 0 aliphatic carbocycles. The lowest BCUT2D eigenvalue weighted by Crippen LogP contribution is -2.52. The van der Waals surface area contributed by atoms with E-state index in [2.05, 4.69) is 21.6 Å². The van der Waals surface area contributed by atoms with Gasteiger partial charge in [0.2, 0.25) is 5.91 Å². The Bertz CT molecular complexity index is 927. The predicted molar refractivity (Wildman–Crippen MR) is 102 cm³/mol. The number of sulfone groups is 1. The third-order valence-electron chi connectivity index (χ3n) is 5.70. The van der Waals surface area contributed by atoms with Crippen molar-refractivity contribution in [3.8, 4) is 0 Å². The minimum absolute atomic E-state index is 0.132. The number of fused-ring (bicyclic) bond motifs is 1. The summed E-state index contributed by atoms with van der Waals surface area (Å²) in [5.74, 6) is 0.708. The van der Waals surface area contributed by atoms with E-state index in [1.807, 2.05) is 30.0 Å². The molecule has 1 aromatic heterocycles. The summed E-state index contributed by atoms with van der Waals surface area (Å²) in [6.07, 6.45) is 0.727. The number of hydrogen-bond acceptors (Lipinski definition) is 4. The summed E-state index contributed by atoms with van der Waals surface area (Å²) < 4.78 is 25.4. The Morgan fingerprint density at radius 1 is 1.15 bits per heavy atom. The molecule has 2 aliphatic rings. The average Bonchev–Trinajstić information content (AvgIpc) is 3.14. The SMILES string of the molecule is Cc1cc2ccccc2n1CC(=O)N1CCN([C@@H]2CCS(=O)(=O)C2)CC1. The summed E-state index contributed by atoms with van der Waals surface area (Å²) in [4.78, 5) is 16.9. The van der Waals surface area contributed by atoms with E-state index in [0.717, 1.165) is 36.1 Å². The molecule has 1 atom stereocenters. The van der Waals surface area contributed by atoms with Gasteiger partial charge in [0.05, 0.1) is 11.5 Å². The van der Waals surface area contributed by atoms with Crippen LogP contribution in [0, 0.1) is 6.92 Å².